The van der Waals surface area contributed by atoms with Gasteiger partial charge in [0.05, 0.1) is 13.2 Å². The van der Waals surface area contributed by atoms with Gasteiger partial charge in [0.2, 0.25) is 0 Å². The summed E-state index contributed by atoms with van der Waals surface area (Å²) in [6.07, 6.45) is -0.390. The van der Waals surface area contributed by atoms with Crippen molar-refractivity contribution in [2.24, 2.45) is 0 Å². The molecular weight excluding hydrogens is 320 g/mol. The van der Waals surface area contributed by atoms with Crippen molar-refractivity contribution in [2.75, 3.05) is 44.7 Å². The topological polar surface area (TPSA) is 35.9 Å². The summed E-state index contributed by atoms with van der Waals surface area (Å²) in [5.41, 5.74) is 2.30. The summed E-state index contributed by atoms with van der Waals surface area (Å²) in [7, 11) is 1.70. The van der Waals surface area contributed by atoms with E-state index in [1.807, 2.05) is 12.1 Å². The maximum absolute atomic E-state index is 10.6. The van der Waals surface area contributed by atoms with Crippen molar-refractivity contribution in [1.29, 1.82) is 0 Å². The van der Waals surface area contributed by atoms with Crippen LogP contribution in [0.5, 0.6) is 5.75 Å². The number of methoxy groups -OCH3 is 1. The highest BCUT2D eigenvalue weighted by Gasteiger charge is 2.21. The van der Waals surface area contributed by atoms with E-state index in [2.05, 4.69) is 41.8 Å². The van der Waals surface area contributed by atoms with Crippen LogP contribution in [0.1, 0.15) is 21.4 Å². The SMILES string of the molecule is COc1cccc(N2CCN(C[C@@H](O)c3cc(C)sc3C)CC2)c1. The Hall–Kier alpha value is -1.56. The van der Waals surface area contributed by atoms with Crippen LogP contribution >= 0.6 is 11.3 Å². The Balaban J connectivity index is 1.56. The fourth-order valence-electron chi connectivity index (χ4n) is 3.32. The van der Waals surface area contributed by atoms with E-state index in [9.17, 15) is 5.11 Å². The zero-order valence-corrected chi connectivity index (χ0v) is 15.5. The minimum absolute atomic E-state index is 0.390. The number of aliphatic hydroxyl groups excluding tert-OH is 1. The molecule has 1 N–H and O–H groups in total. The number of benzene rings is 1. The van der Waals surface area contributed by atoms with Gasteiger partial charge in [0.1, 0.15) is 5.75 Å². The first kappa shape index (κ1) is 17.3. The lowest BCUT2D eigenvalue weighted by Crippen LogP contribution is -2.47. The Morgan fingerprint density at radius 1 is 1.17 bits per heavy atom. The molecule has 5 heteroatoms. The summed E-state index contributed by atoms with van der Waals surface area (Å²) in [6, 6.07) is 10.3. The zero-order chi connectivity index (χ0) is 17.1. The number of aryl methyl sites for hydroxylation is 2. The number of hydrogen-bond acceptors (Lipinski definition) is 5. The number of piperazine rings is 1. The Kier molecular flexibility index (Phi) is 5.43. The smallest absolute Gasteiger partial charge is 0.120 e. The summed E-state index contributed by atoms with van der Waals surface area (Å²) in [4.78, 5) is 7.23. The predicted molar refractivity (Wildman–Crippen MR) is 100 cm³/mol. The van der Waals surface area contributed by atoms with E-state index >= 15 is 0 Å². The molecule has 1 aliphatic heterocycles. The fraction of sp³-hybridized carbons (Fsp3) is 0.474. The summed E-state index contributed by atoms with van der Waals surface area (Å²) in [6.45, 7) is 8.79. The second kappa shape index (κ2) is 7.55. The molecule has 24 heavy (non-hydrogen) atoms. The summed E-state index contributed by atoms with van der Waals surface area (Å²) in [5, 5.41) is 10.6. The van der Waals surface area contributed by atoms with Gasteiger partial charge in [0.15, 0.2) is 0 Å². The van der Waals surface area contributed by atoms with Crippen LogP contribution in [0.15, 0.2) is 30.3 Å². The molecule has 0 amide bonds. The molecule has 0 unspecified atom stereocenters. The second-order valence-electron chi connectivity index (χ2n) is 6.37. The van der Waals surface area contributed by atoms with Crippen LogP contribution in [-0.2, 0) is 0 Å². The van der Waals surface area contributed by atoms with E-state index in [-0.39, 0.29) is 0 Å². The number of ether oxygens (including phenoxy) is 1. The van der Waals surface area contributed by atoms with Gasteiger partial charge in [-0.05, 0) is 37.6 Å². The average Bonchev–Trinajstić information content (AvgIpc) is 2.94. The Bertz CT molecular complexity index is 678. The van der Waals surface area contributed by atoms with Crippen molar-refractivity contribution in [2.45, 2.75) is 20.0 Å². The number of anilines is 1. The first-order valence-electron chi connectivity index (χ1n) is 8.43. The highest BCUT2D eigenvalue weighted by molar-refractivity contribution is 7.12. The van der Waals surface area contributed by atoms with Gasteiger partial charge in [0.25, 0.3) is 0 Å². The van der Waals surface area contributed by atoms with E-state index < -0.39 is 6.10 Å². The summed E-state index contributed by atoms with van der Waals surface area (Å²) in [5.74, 6) is 0.897. The van der Waals surface area contributed by atoms with Gasteiger partial charge >= 0.3 is 0 Å². The van der Waals surface area contributed by atoms with Crippen LogP contribution < -0.4 is 9.64 Å². The monoisotopic (exact) mass is 346 g/mol. The lowest BCUT2D eigenvalue weighted by Gasteiger charge is -2.37. The third kappa shape index (κ3) is 3.91. The van der Waals surface area contributed by atoms with Crippen molar-refractivity contribution >= 4 is 17.0 Å². The largest absolute Gasteiger partial charge is 0.497 e. The molecule has 1 saturated heterocycles. The molecule has 1 atom stereocenters. The molecule has 0 spiro atoms. The van der Waals surface area contributed by atoms with Gasteiger partial charge in [-0.2, -0.15) is 0 Å². The quantitative estimate of drug-likeness (QED) is 0.902. The number of thiophene rings is 1. The molecule has 1 fully saturated rings. The fourth-order valence-corrected chi connectivity index (χ4v) is 4.30. The van der Waals surface area contributed by atoms with Gasteiger partial charge in [-0.1, -0.05) is 6.07 Å². The molecule has 0 aliphatic carbocycles. The highest BCUT2D eigenvalue weighted by Crippen LogP contribution is 2.27. The van der Waals surface area contributed by atoms with Crippen LogP contribution in [0.2, 0.25) is 0 Å². The molecule has 130 valence electrons. The Morgan fingerprint density at radius 3 is 2.54 bits per heavy atom. The molecule has 0 saturated carbocycles. The molecule has 0 bridgehead atoms. The van der Waals surface area contributed by atoms with E-state index in [4.69, 9.17) is 4.74 Å². The van der Waals surface area contributed by atoms with Crippen LogP contribution in [-0.4, -0.2) is 49.8 Å². The number of nitrogens with zero attached hydrogens (tertiary/aromatic N) is 2. The van der Waals surface area contributed by atoms with Gasteiger partial charge in [-0.25, -0.2) is 0 Å². The first-order chi connectivity index (χ1) is 11.6. The second-order valence-corrected chi connectivity index (χ2v) is 7.83. The molecular formula is C19H26N2O2S. The van der Waals surface area contributed by atoms with Gasteiger partial charge in [-0.3, -0.25) is 4.90 Å². The average molecular weight is 346 g/mol. The molecule has 1 aromatic carbocycles. The lowest BCUT2D eigenvalue weighted by atomic mass is 10.1. The van der Waals surface area contributed by atoms with E-state index in [0.29, 0.717) is 6.54 Å². The third-order valence-corrected chi connectivity index (χ3v) is 5.64. The molecule has 0 radical (unpaired) electrons. The van der Waals surface area contributed by atoms with Crippen LogP contribution in [0.25, 0.3) is 0 Å². The maximum atomic E-state index is 10.6. The van der Waals surface area contributed by atoms with E-state index in [1.54, 1.807) is 18.4 Å². The normalized spacial score (nSPS) is 17.1. The van der Waals surface area contributed by atoms with Crippen molar-refractivity contribution in [3.05, 3.63) is 45.6 Å². The van der Waals surface area contributed by atoms with Crippen molar-refractivity contribution in [1.82, 2.24) is 4.90 Å². The van der Waals surface area contributed by atoms with Crippen molar-refractivity contribution in [3.8, 4) is 5.75 Å². The Morgan fingerprint density at radius 2 is 1.92 bits per heavy atom. The van der Waals surface area contributed by atoms with Gasteiger partial charge in [-0.15, -0.1) is 11.3 Å². The molecule has 1 aliphatic rings. The minimum Gasteiger partial charge on any atom is -0.497 e. The molecule has 1 aromatic heterocycles. The molecule has 2 heterocycles. The first-order valence-corrected chi connectivity index (χ1v) is 9.25. The summed E-state index contributed by atoms with van der Waals surface area (Å²) < 4.78 is 5.31. The maximum Gasteiger partial charge on any atom is 0.120 e. The van der Waals surface area contributed by atoms with Crippen LogP contribution in [0.4, 0.5) is 5.69 Å². The van der Waals surface area contributed by atoms with Crippen LogP contribution in [0.3, 0.4) is 0 Å². The number of β-amino-alcohol motifs (C(OH)–C–C–N with tert-alkyl or cyclic N) is 1. The number of aliphatic hydroxyl groups is 1. The van der Waals surface area contributed by atoms with Crippen molar-refractivity contribution < 1.29 is 9.84 Å². The lowest BCUT2D eigenvalue weighted by molar-refractivity contribution is 0.109. The molecule has 2 aromatic rings. The standard InChI is InChI=1S/C19H26N2O2S/c1-14-11-18(15(2)24-14)19(22)13-20-7-9-21(10-8-20)16-5-4-6-17(12-16)23-3/h4-6,11-12,19,22H,7-10,13H2,1-3H3/t19-/m1/s1. The number of rotatable bonds is 5. The highest BCUT2D eigenvalue weighted by atomic mass is 32.1. The Labute approximate surface area is 148 Å². The van der Waals surface area contributed by atoms with Gasteiger partial charge in [0, 0.05) is 54.2 Å². The van der Waals surface area contributed by atoms with Crippen molar-refractivity contribution in [3.63, 3.8) is 0 Å². The molecule has 3 rings (SSSR count). The minimum atomic E-state index is -0.390. The summed E-state index contributed by atoms with van der Waals surface area (Å²) >= 11 is 1.76. The van der Waals surface area contributed by atoms with E-state index in [0.717, 1.165) is 37.5 Å². The predicted octanol–water partition coefficient (Wildman–Crippen LogP) is 3.23. The van der Waals surface area contributed by atoms with E-state index in [1.165, 1.54) is 15.4 Å². The van der Waals surface area contributed by atoms with Crippen LogP contribution in [0, 0.1) is 13.8 Å². The third-order valence-electron chi connectivity index (χ3n) is 4.66. The number of hydrogen-bond donors (Lipinski definition) is 1. The zero-order valence-electron chi connectivity index (χ0n) is 14.7. The molecule has 4 nitrogen and oxygen atoms in total. The van der Waals surface area contributed by atoms with Gasteiger partial charge < -0.3 is 14.7 Å².